The first-order valence-corrected chi connectivity index (χ1v) is 10.4. The number of hydrogen-bond donors (Lipinski definition) is 1. The van der Waals surface area contributed by atoms with Gasteiger partial charge in [0, 0.05) is 31.4 Å². The number of rotatable bonds is 7. The molecule has 3 aromatic rings. The van der Waals surface area contributed by atoms with Crippen molar-refractivity contribution in [2.45, 2.75) is 39.0 Å². The average Bonchev–Trinajstić information content (AvgIpc) is 3.20. The number of likely N-dealkylation sites (tertiary alicyclic amines) is 1. The number of furan rings is 1. The second kappa shape index (κ2) is 9.59. The summed E-state index contributed by atoms with van der Waals surface area (Å²) in [7, 11) is 0. The van der Waals surface area contributed by atoms with Crippen molar-refractivity contribution in [1.82, 2.24) is 15.2 Å². The number of piperidine rings is 1. The molecule has 0 saturated carbocycles. The molecule has 1 saturated heterocycles. The van der Waals surface area contributed by atoms with Gasteiger partial charge in [-0.2, -0.15) is 0 Å². The highest BCUT2D eigenvalue weighted by Crippen LogP contribution is 2.20. The van der Waals surface area contributed by atoms with Gasteiger partial charge >= 0.3 is 0 Å². The second-order valence-electron chi connectivity index (χ2n) is 7.63. The molecule has 6 nitrogen and oxygen atoms in total. The topological polar surface area (TPSA) is 67.6 Å². The van der Waals surface area contributed by atoms with Gasteiger partial charge in [-0.15, -0.1) is 0 Å². The minimum absolute atomic E-state index is 0.126. The fourth-order valence-electron chi connectivity index (χ4n) is 3.63. The molecule has 0 bridgehead atoms. The first-order valence-electron chi connectivity index (χ1n) is 10.4. The SMILES string of the molecule is Cc1ccc(CNC(=O)c2ccc(OC3CCN(Cc4ccccn4)CC3)cc2)o1. The molecule has 1 N–H and O–H groups in total. The Hall–Kier alpha value is -3.12. The van der Waals surface area contributed by atoms with Crippen LogP contribution in [0.25, 0.3) is 0 Å². The molecule has 0 spiro atoms. The fraction of sp³-hybridized carbons (Fsp3) is 0.333. The molecule has 1 aliphatic heterocycles. The first-order chi connectivity index (χ1) is 14.7. The third-order valence-electron chi connectivity index (χ3n) is 5.28. The lowest BCUT2D eigenvalue weighted by molar-refractivity contribution is 0.0944. The van der Waals surface area contributed by atoms with Crippen LogP contribution < -0.4 is 10.1 Å². The number of amides is 1. The van der Waals surface area contributed by atoms with Crippen LogP contribution in [0.15, 0.2) is 65.2 Å². The number of aromatic nitrogens is 1. The minimum Gasteiger partial charge on any atom is -0.490 e. The zero-order chi connectivity index (χ0) is 20.8. The summed E-state index contributed by atoms with van der Waals surface area (Å²) >= 11 is 0. The molecule has 0 unspecified atom stereocenters. The number of hydrogen-bond acceptors (Lipinski definition) is 5. The van der Waals surface area contributed by atoms with E-state index in [0.717, 1.165) is 55.4 Å². The van der Waals surface area contributed by atoms with Crippen molar-refractivity contribution >= 4 is 5.91 Å². The van der Waals surface area contributed by atoms with E-state index in [1.807, 2.05) is 49.5 Å². The van der Waals surface area contributed by atoms with E-state index >= 15 is 0 Å². The van der Waals surface area contributed by atoms with Crippen LogP contribution in [0.3, 0.4) is 0 Å². The average molecular weight is 405 g/mol. The normalized spacial score (nSPS) is 15.1. The zero-order valence-electron chi connectivity index (χ0n) is 17.2. The molecule has 0 atom stereocenters. The van der Waals surface area contributed by atoms with E-state index in [2.05, 4.69) is 21.3 Å². The van der Waals surface area contributed by atoms with Gasteiger partial charge in [-0.05, 0) is 68.3 Å². The van der Waals surface area contributed by atoms with Gasteiger partial charge in [-0.3, -0.25) is 14.7 Å². The van der Waals surface area contributed by atoms with Gasteiger partial charge < -0.3 is 14.5 Å². The maximum absolute atomic E-state index is 12.3. The van der Waals surface area contributed by atoms with Crippen LogP contribution in [-0.4, -0.2) is 35.0 Å². The van der Waals surface area contributed by atoms with Gasteiger partial charge in [-0.25, -0.2) is 0 Å². The van der Waals surface area contributed by atoms with E-state index in [-0.39, 0.29) is 12.0 Å². The molecule has 2 aromatic heterocycles. The molecule has 1 aromatic carbocycles. The summed E-state index contributed by atoms with van der Waals surface area (Å²) in [4.78, 5) is 19.1. The Morgan fingerprint density at radius 2 is 1.93 bits per heavy atom. The van der Waals surface area contributed by atoms with Crippen molar-refractivity contribution in [2.24, 2.45) is 0 Å². The van der Waals surface area contributed by atoms with Crippen LogP contribution in [0.2, 0.25) is 0 Å². The molecular formula is C24H27N3O3. The molecule has 0 radical (unpaired) electrons. The van der Waals surface area contributed by atoms with E-state index in [0.29, 0.717) is 12.1 Å². The highest BCUT2D eigenvalue weighted by Gasteiger charge is 2.21. The number of carbonyl (C=O) groups excluding carboxylic acids is 1. The summed E-state index contributed by atoms with van der Waals surface area (Å²) in [5.74, 6) is 2.26. The Balaban J connectivity index is 1.22. The van der Waals surface area contributed by atoms with Crippen molar-refractivity contribution in [1.29, 1.82) is 0 Å². The molecule has 30 heavy (non-hydrogen) atoms. The lowest BCUT2D eigenvalue weighted by atomic mass is 10.1. The van der Waals surface area contributed by atoms with Gasteiger partial charge in [0.2, 0.25) is 0 Å². The molecule has 6 heteroatoms. The molecule has 156 valence electrons. The van der Waals surface area contributed by atoms with Gasteiger partial charge in [-0.1, -0.05) is 6.07 Å². The van der Waals surface area contributed by atoms with Crippen molar-refractivity contribution in [3.05, 3.63) is 83.6 Å². The maximum Gasteiger partial charge on any atom is 0.251 e. The van der Waals surface area contributed by atoms with Crippen LogP contribution in [0.4, 0.5) is 0 Å². The predicted octanol–water partition coefficient (Wildman–Crippen LogP) is 3.96. The Kier molecular flexibility index (Phi) is 6.44. The summed E-state index contributed by atoms with van der Waals surface area (Å²) in [5, 5.41) is 2.87. The highest BCUT2D eigenvalue weighted by atomic mass is 16.5. The summed E-state index contributed by atoms with van der Waals surface area (Å²) in [5.41, 5.74) is 1.71. The van der Waals surface area contributed by atoms with Gasteiger partial charge in [0.15, 0.2) is 0 Å². The number of nitrogens with one attached hydrogen (secondary N) is 1. The smallest absolute Gasteiger partial charge is 0.251 e. The molecular weight excluding hydrogens is 378 g/mol. The van der Waals surface area contributed by atoms with Crippen molar-refractivity contribution in [2.75, 3.05) is 13.1 Å². The lowest BCUT2D eigenvalue weighted by Gasteiger charge is -2.31. The van der Waals surface area contributed by atoms with Crippen molar-refractivity contribution in [3.8, 4) is 5.75 Å². The van der Waals surface area contributed by atoms with Gasteiger partial charge in [0.1, 0.15) is 23.4 Å². The number of nitrogens with zero attached hydrogens (tertiary/aromatic N) is 2. The molecule has 0 aliphatic carbocycles. The number of benzene rings is 1. The van der Waals surface area contributed by atoms with Gasteiger partial charge in [0.05, 0.1) is 12.2 Å². The minimum atomic E-state index is -0.126. The molecule has 3 heterocycles. The summed E-state index contributed by atoms with van der Waals surface area (Å²) < 4.78 is 11.6. The van der Waals surface area contributed by atoms with E-state index in [4.69, 9.17) is 9.15 Å². The largest absolute Gasteiger partial charge is 0.490 e. The third kappa shape index (κ3) is 5.48. The van der Waals surface area contributed by atoms with Crippen LogP contribution in [0.5, 0.6) is 5.75 Å². The Morgan fingerprint density at radius 3 is 2.60 bits per heavy atom. The molecule has 1 aliphatic rings. The Labute approximate surface area is 176 Å². The van der Waals surface area contributed by atoms with Crippen LogP contribution in [0.1, 0.15) is 40.4 Å². The van der Waals surface area contributed by atoms with Crippen LogP contribution in [0, 0.1) is 6.92 Å². The number of ether oxygens (including phenoxy) is 1. The molecule has 1 fully saturated rings. The quantitative estimate of drug-likeness (QED) is 0.645. The van der Waals surface area contributed by atoms with E-state index in [1.54, 1.807) is 12.1 Å². The van der Waals surface area contributed by atoms with E-state index in [9.17, 15) is 4.79 Å². The number of carbonyl (C=O) groups is 1. The van der Waals surface area contributed by atoms with Crippen LogP contribution in [-0.2, 0) is 13.1 Å². The summed E-state index contributed by atoms with van der Waals surface area (Å²) in [6.45, 7) is 5.13. The highest BCUT2D eigenvalue weighted by molar-refractivity contribution is 5.94. The monoisotopic (exact) mass is 405 g/mol. The first kappa shape index (κ1) is 20.2. The zero-order valence-corrected chi connectivity index (χ0v) is 17.2. The van der Waals surface area contributed by atoms with Crippen molar-refractivity contribution in [3.63, 3.8) is 0 Å². The van der Waals surface area contributed by atoms with E-state index < -0.39 is 0 Å². The number of pyridine rings is 1. The Morgan fingerprint density at radius 1 is 1.13 bits per heavy atom. The lowest BCUT2D eigenvalue weighted by Crippen LogP contribution is -2.37. The van der Waals surface area contributed by atoms with Crippen molar-refractivity contribution < 1.29 is 13.9 Å². The Bertz CT molecular complexity index is 945. The molecule has 1 amide bonds. The molecule has 4 rings (SSSR count). The second-order valence-corrected chi connectivity index (χ2v) is 7.63. The summed E-state index contributed by atoms with van der Waals surface area (Å²) in [6, 6.07) is 17.1. The third-order valence-corrected chi connectivity index (χ3v) is 5.28. The number of aryl methyl sites for hydroxylation is 1. The summed E-state index contributed by atoms with van der Waals surface area (Å²) in [6.07, 6.45) is 4.01. The predicted molar refractivity (Wildman–Crippen MR) is 114 cm³/mol. The maximum atomic E-state index is 12.3. The fourth-order valence-corrected chi connectivity index (χ4v) is 3.63. The van der Waals surface area contributed by atoms with Crippen LogP contribution >= 0.6 is 0 Å². The van der Waals surface area contributed by atoms with Gasteiger partial charge in [0.25, 0.3) is 5.91 Å². The van der Waals surface area contributed by atoms with E-state index in [1.165, 1.54) is 0 Å². The standard InChI is InChI=1S/C24H27N3O3/c1-18-5-8-23(29-18)16-26-24(28)19-6-9-21(10-7-19)30-22-11-14-27(15-12-22)17-20-4-2-3-13-25-20/h2-10,13,22H,11-12,14-17H2,1H3,(H,26,28).